The Bertz CT molecular complexity index is 395. The first-order valence-electron chi connectivity index (χ1n) is 4.38. The lowest BCUT2D eigenvalue weighted by Crippen LogP contribution is -2.39. The first-order valence-corrected chi connectivity index (χ1v) is 4.38. The zero-order valence-corrected chi connectivity index (χ0v) is 8.38. The van der Waals surface area contributed by atoms with Crippen molar-refractivity contribution in [3.63, 3.8) is 0 Å². The summed E-state index contributed by atoms with van der Waals surface area (Å²) in [6.07, 6.45) is -2.56. The van der Waals surface area contributed by atoms with E-state index in [1.165, 1.54) is 0 Å². The average molecular weight is 230 g/mol. The van der Waals surface area contributed by atoms with Gasteiger partial charge in [-0.3, -0.25) is 0 Å². The van der Waals surface area contributed by atoms with Crippen LogP contribution < -0.4 is 0 Å². The molecule has 0 saturated carbocycles. The highest BCUT2D eigenvalue weighted by Gasteiger charge is 2.40. The largest absolute Gasteiger partial charge is 0.508 e. The SMILES string of the molecule is CC(O)(c1cc(O)cc(O)c1)C(F)C(=O)O. The molecule has 0 fully saturated rings. The summed E-state index contributed by atoms with van der Waals surface area (Å²) < 4.78 is 13.2. The molecule has 2 atom stereocenters. The molecule has 1 aromatic carbocycles. The van der Waals surface area contributed by atoms with Crippen molar-refractivity contribution in [2.45, 2.75) is 18.7 Å². The normalized spacial score (nSPS) is 16.4. The molecule has 6 heteroatoms. The number of aliphatic hydroxyl groups is 1. The molecule has 1 rings (SSSR count). The molecule has 0 heterocycles. The van der Waals surface area contributed by atoms with E-state index < -0.39 is 29.2 Å². The molecule has 0 amide bonds. The Labute approximate surface area is 90.4 Å². The lowest BCUT2D eigenvalue weighted by molar-refractivity contribution is -0.153. The molecule has 0 aliphatic carbocycles. The second kappa shape index (κ2) is 3.97. The fourth-order valence-corrected chi connectivity index (χ4v) is 1.27. The predicted molar refractivity (Wildman–Crippen MR) is 51.9 cm³/mol. The van der Waals surface area contributed by atoms with Crippen LogP contribution >= 0.6 is 0 Å². The number of phenols is 2. The molecule has 0 aromatic heterocycles. The second-order valence-corrected chi connectivity index (χ2v) is 3.59. The summed E-state index contributed by atoms with van der Waals surface area (Å²) in [4.78, 5) is 10.4. The van der Waals surface area contributed by atoms with E-state index in [0.29, 0.717) is 0 Å². The van der Waals surface area contributed by atoms with E-state index >= 15 is 0 Å². The van der Waals surface area contributed by atoms with Crippen molar-refractivity contribution < 1.29 is 29.6 Å². The molecule has 0 bridgehead atoms. The zero-order chi connectivity index (χ0) is 12.5. The zero-order valence-electron chi connectivity index (χ0n) is 8.38. The second-order valence-electron chi connectivity index (χ2n) is 3.59. The number of hydrogen-bond donors (Lipinski definition) is 4. The van der Waals surface area contributed by atoms with Crippen LogP contribution in [0.1, 0.15) is 12.5 Å². The van der Waals surface area contributed by atoms with E-state index in [1.807, 2.05) is 0 Å². The summed E-state index contributed by atoms with van der Waals surface area (Å²) in [7, 11) is 0. The Morgan fingerprint density at radius 3 is 2.12 bits per heavy atom. The summed E-state index contributed by atoms with van der Waals surface area (Å²) in [5.74, 6) is -2.62. The van der Waals surface area contributed by atoms with Crippen molar-refractivity contribution in [3.8, 4) is 11.5 Å². The number of carboxylic acids is 1. The summed E-state index contributed by atoms with van der Waals surface area (Å²) in [6.45, 7) is 0.944. The van der Waals surface area contributed by atoms with Crippen LogP contribution in [-0.4, -0.2) is 32.6 Å². The van der Waals surface area contributed by atoms with Gasteiger partial charge in [0.15, 0.2) is 0 Å². The number of carboxylic acid groups (broad SMARTS) is 1. The van der Waals surface area contributed by atoms with Crippen LogP contribution in [-0.2, 0) is 10.4 Å². The minimum absolute atomic E-state index is 0.222. The van der Waals surface area contributed by atoms with Gasteiger partial charge in [-0.25, -0.2) is 9.18 Å². The Hall–Kier alpha value is -1.82. The van der Waals surface area contributed by atoms with Gasteiger partial charge in [0.2, 0.25) is 6.17 Å². The summed E-state index contributed by atoms with van der Waals surface area (Å²) in [6, 6.07) is 2.94. The van der Waals surface area contributed by atoms with Gasteiger partial charge in [0, 0.05) is 6.07 Å². The first kappa shape index (κ1) is 12.3. The van der Waals surface area contributed by atoms with Gasteiger partial charge >= 0.3 is 5.97 Å². The highest BCUT2D eigenvalue weighted by atomic mass is 19.1. The van der Waals surface area contributed by atoms with Crippen LogP contribution in [0.4, 0.5) is 4.39 Å². The van der Waals surface area contributed by atoms with Crippen molar-refractivity contribution in [3.05, 3.63) is 23.8 Å². The molecule has 0 aliphatic rings. The number of alkyl halides is 1. The van der Waals surface area contributed by atoms with Crippen molar-refractivity contribution in [1.29, 1.82) is 0 Å². The lowest BCUT2D eigenvalue weighted by atomic mass is 9.90. The van der Waals surface area contributed by atoms with Crippen LogP contribution in [0.5, 0.6) is 11.5 Å². The predicted octanol–water partition coefficient (Wildman–Crippen LogP) is 0.728. The maximum Gasteiger partial charge on any atom is 0.341 e. The van der Waals surface area contributed by atoms with Gasteiger partial charge in [0.1, 0.15) is 17.1 Å². The fourth-order valence-electron chi connectivity index (χ4n) is 1.27. The molecule has 0 aliphatic heterocycles. The average Bonchev–Trinajstić information content (AvgIpc) is 2.14. The highest BCUT2D eigenvalue weighted by molar-refractivity contribution is 5.74. The third kappa shape index (κ3) is 2.22. The molecule has 5 nitrogen and oxygen atoms in total. The molecule has 2 unspecified atom stereocenters. The van der Waals surface area contributed by atoms with Crippen LogP contribution in [0, 0.1) is 0 Å². The molecule has 0 radical (unpaired) electrons. The molecule has 16 heavy (non-hydrogen) atoms. The standard InChI is InChI=1S/C10H11FO5/c1-10(16,8(11)9(14)15)5-2-6(12)4-7(13)3-5/h2-4,8,12-13,16H,1H3,(H,14,15). The van der Waals surface area contributed by atoms with Gasteiger partial charge < -0.3 is 20.4 Å². The van der Waals surface area contributed by atoms with E-state index in [2.05, 4.69) is 0 Å². The lowest BCUT2D eigenvalue weighted by Gasteiger charge is -2.25. The van der Waals surface area contributed by atoms with Crippen LogP contribution in [0.25, 0.3) is 0 Å². The molecular weight excluding hydrogens is 219 g/mol. The van der Waals surface area contributed by atoms with E-state index in [4.69, 9.17) is 15.3 Å². The molecule has 0 spiro atoms. The van der Waals surface area contributed by atoms with Gasteiger partial charge in [-0.15, -0.1) is 0 Å². The molecule has 88 valence electrons. The monoisotopic (exact) mass is 230 g/mol. The van der Waals surface area contributed by atoms with Crippen molar-refractivity contribution in [1.82, 2.24) is 0 Å². The number of aliphatic carboxylic acids is 1. The quantitative estimate of drug-likeness (QED) is 0.613. The van der Waals surface area contributed by atoms with E-state index in [1.54, 1.807) is 0 Å². The van der Waals surface area contributed by atoms with Crippen LogP contribution in [0.2, 0.25) is 0 Å². The van der Waals surface area contributed by atoms with Crippen LogP contribution in [0.15, 0.2) is 18.2 Å². The maximum atomic E-state index is 13.2. The number of aromatic hydroxyl groups is 2. The van der Waals surface area contributed by atoms with E-state index in [-0.39, 0.29) is 5.56 Å². The smallest absolute Gasteiger partial charge is 0.341 e. The third-order valence-corrected chi connectivity index (χ3v) is 2.20. The number of halogens is 1. The van der Waals surface area contributed by atoms with Gasteiger partial charge in [0.05, 0.1) is 0 Å². The van der Waals surface area contributed by atoms with Crippen molar-refractivity contribution in [2.75, 3.05) is 0 Å². The summed E-state index contributed by atoms with van der Waals surface area (Å²) in [5.41, 5.74) is -2.55. The Morgan fingerprint density at radius 2 is 1.75 bits per heavy atom. The Kier molecular flexibility index (Phi) is 3.04. The Morgan fingerprint density at radius 1 is 1.31 bits per heavy atom. The number of hydrogen-bond acceptors (Lipinski definition) is 4. The van der Waals surface area contributed by atoms with E-state index in [0.717, 1.165) is 25.1 Å². The van der Waals surface area contributed by atoms with Crippen molar-refractivity contribution in [2.24, 2.45) is 0 Å². The third-order valence-electron chi connectivity index (χ3n) is 2.20. The number of carbonyl (C=O) groups is 1. The molecule has 4 N–H and O–H groups in total. The maximum absolute atomic E-state index is 13.2. The minimum atomic E-state index is -2.56. The minimum Gasteiger partial charge on any atom is -0.508 e. The van der Waals surface area contributed by atoms with Gasteiger partial charge in [0.25, 0.3) is 0 Å². The van der Waals surface area contributed by atoms with E-state index in [9.17, 15) is 14.3 Å². The van der Waals surface area contributed by atoms with Gasteiger partial charge in [-0.1, -0.05) is 0 Å². The highest BCUT2D eigenvalue weighted by Crippen LogP contribution is 2.32. The Balaban J connectivity index is 3.20. The van der Waals surface area contributed by atoms with Crippen LogP contribution in [0.3, 0.4) is 0 Å². The van der Waals surface area contributed by atoms with Gasteiger partial charge in [-0.2, -0.15) is 0 Å². The molecule has 1 aromatic rings. The topological polar surface area (TPSA) is 98.0 Å². The van der Waals surface area contributed by atoms with Crippen molar-refractivity contribution >= 4 is 5.97 Å². The molecule has 0 saturated heterocycles. The fraction of sp³-hybridized carbons (Fsp3) is 0.300. The summed E-state index contributed by atoms with van der Waals surface area (Å²) >= 11 is 0. The van der Waals surface area contributed by atoms with Gasteiger partial charge in [-0.05, 0) is 24.6 Å². The molecular formula is C10H11FO5. The number of rotatable bonds is 3. The summed E-state index contributed by atoms with van der Waals surface area (Å²) in [5, 5.41) is 36.4. The first-order chi connectivity index (χ1) is 7.25. The number of benzene rings is 1. The number of phenolic OH excluding ortho intramolecular Hbond substituents is 2.